The Morgan fingerprint density at radius 2 is 1.88 bits per heavy atom. The van der Waals surface area contributed by atoms with Crippen molar-refractivity contribution in [3.05, 3.63) is 78.0 Å². The first-order chi connectivity index (χ1) is 11.5. The summed E-state index contributed by atoms with van der Waals surface area (Å²) >= 11 is 0. The van der Waals surface area contributed by atoms with E-state index in [2.05, 4.69) is 22.5 Å². The maximum absolute atomic E-state index is 12.8. The van der Waals surface area contributed by atoms with Gasteiger partial charge in [-0.3, -0.25) is 4.79 Å². The van der Waals surface area contributed by atoms with E-state index < -0.39 is 12.0 Å². The quantitative estimate of drug-likeness (QED) is 0.813. The van der Waals surface area contributed by atoms with Crippen LogP contribution in [0.5, 0.6) is 0 Å². The number of carbonyl (C=O) groups excluding carboxylic acids is 2. The summed E-state index contributed by atoms with van der Waals surface area (Å²) in [7, 11) is 0. The molecule has 5 heteroatoms. The van der Waals surface area contributed by atoms with Gasteiger partial charge in [-0.2, -0.15) is 0 Å². The van der Waals surface area contributed by atoms with Crippen LogP contribution in [0.4, 0.5) is 10.5 Å². The first-order valence-electron chi connectivity index (χ1n) is 7.73. The van der Waals surface area contributed by atoms with Gasteiger partial charge in [0.1, 0.15) is 5.92 Å². The minimum Gasteiger partial charge on any atom is -0.330 e. The lowest BCUT2D eigenvalue weighted by Gasteiger charge is -2.34. The predicted octanol–water partition coefficient (Wildman–Crippen LogP) is 3.12. The van der Waals surface area contributed by atoms with Gasteiger partial charge in [-0.15, -0.1) is 0 Å². The van der Waals surface area contributed by atoms with E-state index in [4.69, 9.17) is 0 Å². The molecular weight excluding hydrogens is 302 g/mol. The first-order valence-corrected chi connectivity index (χ1v) is 7.73. The molecule has 2 aromatic rings. The Labute approximate surface area is 140 Å². The number of hydrogen-bond donors (Lipinski definition) is 3. The summed E-state index contributed by atoms with van der Waals surface area (Å²) < 4.78 is 0. The second-order valence-corrected chi connectivity index (χ2v) is 5.85. The lowest BCUT2D eigenvalue weighted by Crippen LogP contribution is -2.51. The number of nitrogens with one attached hydrogen (secondary N) is 3. The normalized spacial score (nSPS) is 20.0. The van der Waals surface area contributed by atoms with Crippen LogP contribution in [0.3, 0.4) is 0 Å². The van der Waals surface area contributed by atoms with E-state index in [0.29, 0.717) is 11.4 Å². The molecule has 0 aromatic heterocycles. The number of rotatable bonds is 3. The zero-order valence-corrected chi connectivity index (χ0v) is 13.4. The van der Waals surface area contributed by atoms with Gasteiger partial charge in [0.2, 0.25) is 5.91 Å². The van der Waals surface area contributed by atoms with Crippen molar-refractivity contribution in [2.75, 3.05) is 5.32 Å². The number of carbonyl (C=O) groups is 2. The monoisotopic (exact) mass is 321 g/mol. The molecule has 3 N–H and O–H groups in total. The second kappa shape index (κ2) is 6.58. The van der Waals surface area contributed by atoms with Crippen LogP contribution >= 0.6 is 0 Å². The fourth-order valence-corrected chi connectivity index (χ4v) is 2.88. The fraction of sp³-hybridized carbons (Fsp3) is 0.158. The predicted molar refractivity (Wildman–Crippen MR) is 93.3 cm³/mol. The van der Waals surface area contributed by atoms with Gasteiger partial charge < -0.3 is 16.0 Å². The molecule has 1 aliphatic heterocycles. The first kappa shape index (κ1) is 15.8. The van der Waals surface area contributed by atoms with E-state index in [1.165, 1.54) is 0 Å². The van der Waals surface area contributed by atoms with Gasteiger partial charge in [0.25, 0.3) is 0 Å². The smallest absolute Gasteiger partial charge is 0.319 e. The summed E-state index contributed by atoms with van der Waals surface area (Å²) in [4.78, 5) is 24.6. The maximum atomic E-state index is 12.8. The molecule has 2 aromatic carbocycles. The van der Waals surface area contributed by atoms with Crippen LogP contribution in [-0.4, -0.2) is 11.9 Å². The van der Waals surface area contributed by atoms with Crippen LogP contribution in [0.2, 0.25) is 0 Å². The standard InChI is InChI=1S/C19H19N3O2/c1-12-7-6-8-14(11-12)17-16(13(2)20-19(24)22-17)18(23)21-15-9-4-3-5-10-15/h3-11,16-17H,2H2,1H3,(H,21,23)(H2,20,22,24)/t16-,17+/m0/s1. The summed E-state index contributed by atoms with van der Waals surface area (Å²) in [6.45, 7) is 5.85. The molecule has 0 unspecified atom stereocenters. The minimum absolute atomic E-state index is 0.217. The summed E-state index contributed by atoms with van der Waals surface area (Å²) in [5, 5.41) is 8.32. The number of para-hydroxylation sites is 1. The second-order valence-electron chi connectivity index (χ2n) is 5.85. The molecule has 0 radical (unpaired) electrons. The van der Waals surface area contributed by atoms with Crippen LogP contribution < -0.4 is 16.0 Å². The minimum atomic E-state index is -0.607. The molecule has 0 aliphatic carbocycles. The Bertz CT molecular complexity index is 786. The zero-order chi connectivity index (χ0) is 17.1. The van der Waals surface area contributed by atoms with Crippen molar-refractivity contribution >= 4 is 17.6 Å². The molecule has 2 atom stereocenters. The average molecular weight is 321 g/mol. The van der Waals surface area contributed by atoms with Gasteiger partial charge in [-0.05, 0) is 24.6 Å². The molecule has 0 bridgehead atoms. The SMILES string of the molecule is C=C1NC(=O)N[C@H](c2cccc(C)c2)[C@H]1C(=O)Nc1ccccc1. The Balaban J connectivity index is 1.90. The third-order valence-corrected chi connectivity index (χ3v) is 3.99. The lowest BCUT2D eigenvalue weighted by atomic mass is 9.87. The van der Waals surface area contributed by atoms with Crippen LogP contribution in [0, 0.1) is 12.8 Å². The van der Waals surface area contributed by atoms with Gasteiger partial charge in [0.05, 0.1) is 6.04 Å². The maximum Gasteiger partial charge on any atom is 0.319 e. The summed E-state index contributed by atoms with van der Waals surface area (Å²) in [6, 6.07) is 16.2. The van der Waals surface area contributed by atoms with E-state index >= 15 is 0 Å². The van der Waals surface area contributed by atoms with Crippen molar-refractivity contribution in [2.24, 2.45) is 5.92 Å². The molecule has 1 fully saturated rings. The summed E-state index contributed by atoms with van der Waals surface area (Å²) in [5.74, 6) is -0.824. The largest absolute Gasteiger partial charge is 0.330 e. The molecule has 1 saturated heterocycles. The number of hydrogen-bond acceptors (Lipinski definition) is 2. The number of aryl methyl sites for hydroxylation is 1. The van der Waals surface area contributed by atoms with Gasteiger partial charge in [0, 0.05) is 11.4 Å². The van der Waals surface area contributed by atoms with E-state index in [1.807, 2.05) is 61.5 Å². The number of urea groups is 1. The molecule has 0 spiro atoms. The van der Waals surface area contributed by atoms with Crippen molar-refractivity contribution in [1.29, 1.82) is 0 Å². The zero-order valence-electron chi connectivity index (χ0n) is 13.4. The van der Waals surface area contributed by atoms with Crippen molar-refractivity contribution in [2.45, 2.75) is 13.0 Å². The van der Waals surface area contributed by atoms with Crippen LogP contribution in [0.1, 0.15) is 17.2 Å². The number of amides is 3. The van der Waals surface area contributed by atoms with Gasteiger partial charge in [0.15, 0.2) is 0 Å². The highest BCUT2D eigenvalue weighted by Gasteiger charge is 2.37. The molecule has 24 heavy (non-hydrogen) atoms. The van der Waals surface area contributed by atoms with Crippen LogP contribution in [-0.2, 0) is 4.79 Å². The highest BCUT2D eigenvalue weighted by atomic mass is 16.2. The highest BCUT2D eigenvalue weighted by molar-refractivity contribution is 5.97. The number of anilines is 1. The van der Waals surface area contributed by atoms with Crippen molar-refractivity contribution in [3.63, 3.8) is 0 Å². The molecule has 1 heterocycles. The van der Waals surface area contributed by atoms with Crippen molar-refractivity contribution < 1.29 is 9.59 Å². The summed E-state index contributed by atoms with van der Waals surface area (Å²) in [5.41, 5.74) is 3.03. The third kappa shape index (κ3) is 3.30. The molecule has 5 nitrogen and oxygen atoms in total. The van der Waals surface area contributed by atoms with Gasteiger partial charge in [-0.25, -0.2) is 4.79 Å². The van der Waals surface area contributed by atoms with E-state index in [9.17, 15) is 9.59 Å². The molecule has 1 aliphatic rings. The Morgan fingerprint density at radius 1 is 1.12 bits per heavy atom. The van der Waals surface area contributed by atoms with Crippen LogP contribution in [0.15, 0.2) is 66.9 Å². The van der Waals surface area contributed by atoms with Crippen LogP contribution in [0.25, 0.3) is 0 Å². The molecule has 3 amide bonds. The van der Waals surface area contributed by atoms with E-state index in [-0.39, 0.29) is 11.9 Å². The summed E-state index contributed by atoms with van der Waals surface area (Å²) in [6.07, 6.45) is 0. The molecule has 0 saturated carbocycles. The highest BCUT2D eigenvalue weighted by Crippen LogP contribution is 2.30. The Kier molecular flexibility index (Phi) is 4.33. The number of benzene rings is 2. The van der Waals surface area contributed by atoms with Gasteiger partial charge in [-0.1, -0.05) is 54.6 Å². The van der Waals surface area contributed by atoms with Gasteiger partial charge >= 0.3 is 6.03 Å². The fourth-order valence-electron chi connectivity index (χ4n) is 2.88. The Hall–Kier alpha value is -3.08. The van der Waals surface area contributed by atoms with E-state index in [1.54, 1.807) is 0 Å². The average Bonchev–Trinajstić information content (AvgIpc) is 2.55. The molecule has 122 valence electrons. The molecule has 3 rings (SSSR count). The van der Waals surface area contributed by atoms with E-state index in [0.717, 1.165) is 11.1 Å². The molecular formula is C19H19N3O2. The topological polar surface area (TPSA) is 70.2 Å². The lowest BCUT2D eigenvalue weighted by molar-refractivity contribution is -0.119. The Morgan fingerprint density at radius 3 is 2.58 bits per heavy atom. The van der Waals surface area contributed by atoms with Crippen molar-refractivity contribution in [3.8, 4) is 0 Å². The third-order valence-electron chi connectivity index (χ3n) is 3.99. The van der Waals surface area contributed by atoms with Crippen molar-refractivity contribution in [1.82, 2.24) is 10.6 Å².